The van der Waals surface area contributed by atoms with Gasteiger partial charge in [-0.15, -0.1) is 0 Å². The number of amides is 1. The predicted octanol–water partition coefficient (Wildman–Crippen LogP) is 2.41. The van der Waals surface area contributed by atoms with Crippen LogP contribution >= 0.6 is 0 Å². The molecule has 0 saturated heterocycles. The number of nitrogens with zero attached hydrogens (tertiary/aromatic N) is 1. The number of primary amides is 1. The number of benzene rings is 2. The maximum atomic E-state index is 13.6. The zero-order valence-corrected chi connectivity index (χ0v) is 18.8. The summed E-state index contributed by atoms with van der Waals surface area (Å²) in [5.41, 5.74) is 5.88. The smallest absolute Gasteiger partial charge is 0.404 e. The van der Waals surface area contributed by atoms with Gasteiger partial charge in [-0.1, -0.05) is 44.2 Å². The summed E-state index contributed by atoms with van der Waals surface area (Å²) in [4.78, 5) is 11.1. The molecule has 3 N–H and O–H groups in total. The highest BCUT2D eigenvalue weighted by molar-refractivity contribution is 7.89. The molecule has 2 atom stereocenters. The third kappa shape index (κ3) is 6.95. The van der Waals surface area contributed by atoms with Crippen molar-refractivity contribution < 1.29 is 27.8 Å². The van der Waals surface area contributed by atoms with Crippen molar-refractivity contribution in [3.05, 3.63) is 60.2 Å². The summed E-state index contributed by atoms with van der Waals surface area (Å²) in [6, 6.07) is 14.4. The van der Waals surface area contributed by atoms with Gasteiger partial charge in [0, 0.05) is 6.54 Å². The Hall–Kier alpha value is -2.62. The summed E-state index contributed by atoms with van der Waals surface area (Å²) in [6.07, 6.45) is -2.09. The largest absolute Gasteiger partial charge is 0.497 e. The fourth-order valence-electron chi connectivity index (χ4n) is 3.22. The van der Waals surface area contributed by atoms with Gasteiger partial charge in [0.1, 0.15) is 18.5 Å². The molecule has 170 valence electrons. The maximum absolute atomic E-state index is 13.6. The summed E-state index contributed by atoms with van der Waals surface area (Å²) in [5.74, 6) is 0.514. The van der Waals surface area contributed by atoms with Gasteiger partial charge in [0.25, 0.3) is 0 Å². The van der Waals surface area contributed by atoms with Crippen molar-refractivity contribution in [2.75, 3.05) is 20.3 Å². The molecule has 31 heavy (non-hydrogen) atoms. The van der Waals surface area contributed by atoms with E-state index in [1.54, 1.807) is 12.1 Å². The van der Waals surface area contributed by atoms with E-state index in [0.717, 1.165) is 5.56 Å². The lowest BCUT2D eigenvalue weighted by Crippen LogP contribution is -2.51. The van der Waals surface area contributed by atoms with E-state index in [0.29, 0.717) is 5.75 Å². The summed E-state index contributed by atoms with van der Waals surface area (Å²) < 4.78 is 38.3. The number of hydrogen-bond donors (Lipinski definition) is 2. The number of aliphatic hydroxyl groups excluding tert-OH is 1. The summed E-state index contributed by atoms with van der Waals surface area (Å²) in [5, 5.41) is 10.8. The number of nitrogens with two attached hydrogens (primary N) is 1. The second kappa shape index (κ2) is 11.1. The minimum absolute atomic E-state index is 0.0180. The van der Waals surface area contributed by atoms with E-state index >= 15 is 0 Å². The number of methoxy groups -OCH3 is 1. The number of carbonyl (C=O) groups excluding carboxylic acids is 1. The molecule has 0 saturated carbocycles. The molecule has 0 radical (unpaired) electrons. The Morgan fingerprint density at radius 1 is 1.10 bits per heavy atom. The summed E-state index contributed by atoms with van der Waals surface area (Å²) in [6.45, 7) is 3.53. The molecule has 0 fully saturated rings. The average Bonchev–Trinajstić information content (AvgIpc) is 2.75. The lowest BCUT2D eigenvalue weighted by atomic mass is 10.0. The van der Waals surface area contributed by atoms with Gasteiger partial charge in [-0.2, -0.15) is 4.31 Å². The Kier molecular flexibility index (Phi) is 8.85. The van der Waals surface area contributed by atoms with Crippen LogP contribution in [0.2, 0.25) is 0 Å². The highest BCUT2D eigenvalue weighted by Crippen LogP contribution is 2.25. The zero-order chi connectivity index (χ0) is 23.0. The molecule has 0 bridgehead atoms. The molecule has 0 aliphatic heterocycles. The van der Waals surface area contributed by atoms with E-state index < -0.39 is 34.9 Å². The summed E-state index contributed by atoms with van der Waals surface area (Å²) in [7, 11) is -2.48. The molecule has 1 amide bonds. The van der Waals surface area contributed by atoms with E-state index in [2.05, 4.69) is 0 Å². The van der Waals surface area contributed by atoms with Gasteiger partial charge in [-0.05, 0) is 42.2 Å². The van der Waals surface area contributed by atoms with Crippen LogP contribution in [-0.4, -0.2) is 56.3 Å². The van der Waals surface area contributed by atoms with Crippen molar-refractivity contribution in [1.29, 1.82) is 0 Å². The molecule has 2 unspecified atom stereocenters. The lowest BCUT2D eigenvalue weighted by Gasteiger charge is -2.35. The van der Waals surface area contributed by atoms with Crippen LogP contribution in [-0.2, 0) is 21.2 Å². The Balaban J connectivity index is 2.48. The van der Waals surface area contributed by atoms with Crippen LogP contribution in [0.25, 0.3) is 0 Å². The minimum atomic E-state index is -3.98. The molecular formula is C22H30N2O6S. The molecule has 2 aromatic carbocycles. The molecule has 0 heterocycles. The fourth-order valence-corrected chi connectivity index (χ4v) is 5.04. The van der Waals surface area contributed by atoms with Gasteiger partial charge in [-0.25, -0.2) is 13.2 Å². The lowest BCUT2D eigenvalue weighted by molar-refractivity contribution is 0.0265. The van der Waals surface area contributed by atoms with Crippen molar-refractivity contribution in [1.82, 2.24) is 4.31 Å². The predicted molar refractivity (Wildman–Crippen MR) is 117 cm³/mol. The van der Waals surface area contributed by atoms with Crippen LogP contribution < -0.4 is 10.5 Å². The van der Waals surface area contributed by atoms with E-state index in [9.17, 15) is 18.3 Å². The molecule has 0 aromatic heterocycles. The van der Waals surface area contributed by atoms with E-state index in [-0.39, 0.29) is 23.8 Å². The molecule has 9 heteroatoms. The third-order valence-corrected chi connectivity index (χ3v) is 6.61. The highest BCUT2D eigenvalue weighted by Gasteiger charge is 2.36. The van der Waals surface area contributed by atoms with Crippen molar-refractivity contribution in [2.24, 2.45) is 11.7 Å². The first-order valence-electron chi connectivity index (χ1n) is 9.95. The first kappa shape index (κ1) is 24.6. The fraction of sp³-hybridized carbons (Fsp3) is 0.409. The quantitative estimate of drug-likeness (QED) is 0.543. The van der Waals surface area contributed by atoms with Crippen LogP contribution in [0.1, 0.15) is 19.4 Å². The molecule has 0 aliphatic carbocycles. The van der Waals surface area contributed by atoms with Gasteiger partial charge in [0.05, 0.1) is 18.0 Å². The maximum Gasteiger partial charge on any atom is 0.404 e. The molecule has 0 spiro atoms. The van der Waals surface area contributed by atoms with Crippen LogP contribution in [0.15, 0.2) is 59.5 Å². The van der Waals surface area contributed by atoms with Crippen molar-refractivity contribution in [3.8, 4) is 5.75 Å². The Morgan fingerprint density at radius 2 is 1.71 bits per heavy atom. The third-order valence-electron chi connectivity index (χ3n) is 4.71. The Morgan fingerprint density at radius 3 is 2.23 bits per heavy atom. The molecule has 0 aliphatic rings. The van der Waals surface area contributed by atoms with E-state index in [4.69, 9.17) is 15.2 Å². The SMILES string of the molecule is COc1ccc(S(=O)(=O)N(CC(C)C)C(Cc2ccccc2)C(O)COC(N)=O)cc1. The molecule has 8 nitrogen and oxygen atoms in total. The van der Waals surface area contributed by atoms with Crippen LogP contribution in [0.3, 0.4) is 0 Å². The average molecular weight is 451 g/mol. The zero-order valence-electron chi connectivity index (χ0n) is 18.0. The Bertz CT molecular complexity index is 932. The van der Waals surface area contributed by atoms with E-state index in [1.165, 1.54) is 23.5 Å². The van der Waals surface area contributed by atoms with Crippen LogP contribution in [0.4, 0.5) is 4.79 Å². The van der Waals surface area contributed by atoms with Crippen molar-refractivity contribution >= 4 is 16.1 Å². The topological polar surface area (TPSA) is 119 Å². The number of ether oxygens (including phenoxy) is 2. The van der Waals surface area contributed by atoms with Gasteiger partial charge >= 0.3 is 6.09 Å². The number of hydrogen-bond acceptors (Lipinski definition) is 6. The summed E-state index contributed by atoms with van der Waals surface area (Å²) >= 11 is 0. The monoisotopic (exact) mass is 450 g/mol. The van der Waals surface area contributed by atoms with Gasteiger partial charge in [0.15, 0.2) is 0 Å². The number of rotatable bonds is 11. The first-order chi connectivity index (χ1) is 14.6. The number of sulfonamides is 1. The second-order valence-corrected chi connectivity index (χ2v) is 9.49. The van der Waals surface area contributed by atoms with Gasteiger partial charge in [-0.3, -0.25) is 0 Å². The van der Waals surface area contributed by atoms with Crippen molar-refractivity contribution in [2.45, 2.75) is 37.3 Å². The second-order valence-electron chi connectivity index (χ2n) is 7.60. The first-order valence-corrected chi connectivity index (χ1v) is 11.4. The normalized spacial score (nSPS) is 13.7. The Labute approximate surface area is 183 Å². The van der Waals surface area contributed by atoms with E-state index in [1.807, 2.05) is 44.2 Å². The highest BCUT2D eigenvalue weighted by atomic mass is 32.2. The number of aliphatic hydroxyl groups is 1. The van der Waals surface area contributed by atoms with Crippen LogP contribution in [0.5, 0.6) is 5.75 Å². The van der Waals surface area contributed by atoms with Crippen LogP contribution in [0, 0.1) is 5.92 Å². The molecule has 2 rings (SSSR count). The minimum Gasteiger partial charge on any atom is -0.497 e. The molecular weight excluding hydrogens is 420 g/mol. The number of carbonyl (C=O) groups is 1. The molecule has 2 aromatic rings. The van der Waals surface area contributed by atoms with Gasteiger partial charge in [0.2, 0.25) is 10.0 Å². The van der Waals surface area contributed by atoms with Crippen molar-refractivity contribution in [3.63, 3.8) is 0 Å². The standard InChI is InChI=1S/C22H30N2O6S/c1-16(2)14-24(31(27,28)19-11-9-18(29-3)10-12-19)20(21(25)15-30-22(23)26)13-17-7-5-4-6-8-17/h4-12,16,20-21,25H,13-15H2,1-3H3,(H2,23,26). The van der Waals surface area contributed by atoms with Gasteiger partial charge < -0.3 is 20.3 Å².